The van der Waals surface area contributed by atoms with Crippen molar-refractivity contribution in [1.82, 2.24) is 0 Å². The van der Waals surface area contributed by atoms with E-state index in [1.165, 1.54) is 5.41 Å². The zero-order chi connectivity index (χ0) is 9.72. The Kier molecular flexibility index (Phi) is 3.02. The van der Waals surface area contributed by atoms with Crippen molar-refractivity contribution in [3.63, 3.8) is 0 Å². The van der Waals surface area contributed by atoms with Crippen molar-refractivity contribution in [3.8, 4) is 0 Å². The van der Waals surface area contributed by atoms with Crippen LogP contribution in [0.15, 0.2) is 11.5 Å². The van der Waals surface area contributed by atoms with E-state index in [1.54, 1.807) is 6.26 Å². The summed E-state index contributed by atoms with van der Waals surface area (Å²) in [6, 6.07) is -0.480. The molecule has 0 aliphatic rings. The van der Waals surface area contributed by atoms with E-state index in [2.05, 4.69) is 0 Å². The fraction of sp³-hybridized carbons (Fsp3) is 0.333. The Balaban J connectivity index is 4.39. The Hall–Kier alpha value is -0.770. The maximum absolute atomic E-state index is 10.8. The van der Waals surface area contributed by atoms with Crippen molar-refractivity contribution in [2.45, 2.75) is 6.40 Å². The van der Waals surface area contributed by atoms with Gasteiger partial charge in [-0.25, -0.2) is 0 Å². The molecule has 0 saturated heterocycles. The molecule has 0 aromatic heterocycles. The highest BCUT2D eigenvalue weighted by atomic mass is 32.2. The SMILES string of the molecule is [2H]/C(=C\SC)C(=O)C([2H])C(=O)[O-]. The van der Waals surface area contributed by atoms with Crippen LogP contribution in [0.4, 0.5) is 0 Å². The molecule has 0 aliphatic carbocycles. The maximum Gasteiger partial charge on any atom is 0.161 e. The summed E-state index contributed by atoms with van der Waals surface area (Å²) < 4.78 is 13.7. The number of ketones is 1. The van der Waals surface area contributed by atoms with Gasteiger partial charge in [-0.05, 0) is 17.7 Å². The van der Waals surface area contributed by atoms with Crippen LogP contribution in [0.5, 0.6) is 0 Å². The number of aliphatic carboxylic acids is 1. The molecule has 0 spiro atoms. The molecule has 1 unspecified atom stereocenters. The molecule has 0 aromatic carbocycles. The van der Waals surface area contributed by atoms with E-state index in [-0.39, 0.29) is 0 Å². The molecule has 0 saturated carbocycles. The van der Waals surface area contributed by atoms with E-state index >= 15 is 0 Å². The molecule has 0 aromatic rings. The lowest BCUT2D eigenvalue weighted by Crippen LogP contribution is -2.24. The second-order valence-electron chi connectivity index (χ2n) is 1.33. The molecule has 0 radical (unpaired) electrons. The average molecular weight is 161 g/mol. The molecule has 0 heterocycles. The van der Waals surface area contributed by atoms with Crippen LogP contribution in [0.1, 0.15) is 9.14 Å². The minimum atomic E-state index is -1.99. The first-order valence-corrected chi connectivity index (χ1v) is 3.66. The molecule has 1 atom stereocenters. The summed E-state index contributed by atoms with van der Waals surface area (Å²) in [4.78, 5) is 20.8. The van der Waals surface area contributed by atoms with Gasteiger partial charge in [-0.2, -0.15) is 0 Å². The standard InChI is InChI=1S/C6H8O3S/c1-10-3-2-5(7)4-6(8)9/h2-3H,4H2,1H3,(H,8,9)/p-1/b3-2+/i2D,4D. The first-order chi connectivity index (χ1) is 5.50. The number of rotatable bonds is 4. The topological polar surface area (TPSA) is 57.2 Å². The van der Waals surface area contributed by atoms with Gasteiger partial charge in [-0.15, -0.1) is 11.8 Å². The molecule has 0 bridgehead atoms. The van der Waals surface area contributed by atoms with Crippen LogP contribution in [-0.4, -0.2) is 18.0 Å². The molecule has 4 heteroatoms. The Morgan fingerprint density at radius 2 is 2.50 bits per heavy atom. The quantitative estimate of drug-likeness (QED) is 0.415. The predicted molar refractivity (Wildman–Crippen MR) is 37.3 cm³/mol. The summed E-state index contributed by atoms with van der Waals surface area (Å²) in [5.74, 6) is -2.83. The molecule has 0 fully saturated rings. The first kappa shape index (κ1) is 5.97. The molecule has 0 rings (SSSR count). The highest BCUT2D eigenvalue weighted by Crippen LogP contribution is 1.94. The van der Waals surface area contributed by atoms with E-state index < -0.39 is 24.2 Å². The van der Waals surface area contributed by atoms with Crippen LogP contribution in [0, 0.1) is 0 Å². The molecule has 10 heavy (non-hydrogen) atoms. The second-order valence-corrected chi connectivity index (χ2v) is 2.03. The second kappa shape index (κ2) is 5.05. The summed E-state index contributed by atoms with van der Waals surface area (Å²) in [6.45, 7) is 0. The Morgan fingerprint density at radius 1 is 1.90 bits per heavy atom. The maximum atomic E-state index is 10.8. The molecule has 3 nitrogen and oxygen atoms in total. The van der Waals surface area contributed by atoms with Crippen molar-refractivity contribution >= 4 is 23.5 Å². The number of carboxylic acids is 1. The first-order valence-electron chi connectivity index (χ1n) is 3.45. The molecule has 0 N–H and O–H groups in total. The van der Waals surface area contributed by atoms with Crippen molar-refractivity contribution < 1.29 is 17.4 Å². The minimum absolute atomic E-state index is 0.480. The van der Waals surface area contributed by atoms with Gasteiger partial charge < -0.3 is 9.90 Å². The lowest BCUT2D eigenvalue weighted by atomic mass is 10.3. The number of hydrogen-bond acceptors (Lipinski definition) is 4. The van der Waals surface area contributed by atoms with Crippen LogP contribution in [0.25, 0.3) is 0 Å². The van der Waals surface area contributed by atoms with Gasteiger partial charge in [0.15, 0.2) is 5.78 Å². The third kappa shape index (κ3) is 5.37. The summed E-state index contributed by atoms with van der Waals surface area (Å²) in [5.41, 5.74) is 0. The van der Waals surface area contributed by atoms with Crippen molar-refractivity contribution in [2.24, 2.45) is 0 Å². The highest BCUT2D eigenvalue weighted by Gasteiger charge is 1.94. The van der Waals surface area contributed by atoms with Gasteiger partial charge >= 0.3 is 0 Å². The lowest BCUT2D eigenvalue weighted by Gasteiger charge is -1.94. The van der Waals surface area contributed by atoms with E-state index in [4.69, 9.17) is 2.74 Å². The van der Waals surface area contributed by atoms with E-state index in [1.807, 2.05) is 0 Å². The highest BCUT2D eigenvalue weighted by molar-refractivity contribution is 8.01. The van der Waals surface area contributed by atoms with Crippen molar-refractivity contribution in [3.05, 3.63) is 11.5 Å². The molecule has 0 aliphatic heterocycles. The van der Waals surface area contributed by atoms with E-state index in [0.717, 1.165) is 11.8 Å². The van der Waals surface area contributed by atoms with Gasteiger partial charge in [0.2, 0.25) is 0 Å². The molecular formula is C6H7O3S-. The number of carbonyl (C=O) groups is 2. The van der Waals surface area contributed by atoms with Gasteiger partial charge in [-0.1, -0.05) is 0 Å². The lowest BCUT2D eigenvalue weighted by molar-refractivity contribution is -0.304. The summed E-state index contributed by atoms with van der Waals surface area (Å²) in [6.07, 6.45) is -0.360. The number of carbonyl (C=O) groups excluding carboxylic acids is 2. The minimum Gasteiger partial charge on any atom is -0.550 e. The average Bonchev–Trinajstić information content (AvgIpc) is 2.02. The van der Waals surface area contributed by atoms with Gasteiger partial charge in [-0.3, -0.25) is 4.79 Å². The Morgan fingerprint density at radius 3 is 2.90 bits per heavy atom. The Labute approximate surface area is 65.9 Å². The van der Waals surface area contributed by atoms with Gasteiger partial charge in [0.25, 0.3) is 0 Å². The number of thioether (sulfide) groups is 1. The summed E-state index contributed by atoms with van der Waals surface area (Å²) in [5, 5.41) is 11.2. The number of hydrogen-bond donors (Lipinski definition) is 0. The van der Waals surface area contributed by atoms with E-state index in [0.29, 0.717) is 0 Å². The van der Waals surface area contributed by atoms with Crippen LogP contribution < -0.4 is 5.11 Å². The molecule has 56 valence electrons. The third-order valence-corrected chi connectivity index (χ3v) is 0.922. The van der Waals surface area contributed by atoms with Crippen LogP contribution in [0.3, 0.4) is 0 Å². The van der Waals surface area contributed by atoms with Crippen molar-refractivity contribution in [1.29, 1.82) is 0 Å². The molecule has 0 amide bonds. The van der Waals surface area contributed by atoms with Gasteiger partial charge in [0.05, 0.1) is 7.77 Å². The number of carboxylic acid groups (broad SMARTS) is 1. The zero-order valence-corrected chi connectivity index (χ0v) is 6.10. The normalized spacial score (nSPS) is 17.1. The predicted octanol–water partition coefficient (Wildman–Crippen LogP) is -0.428. The Bertz CT molecular complexity index is 227. The fourth-order valence-electron chi connectivity index (χ4n) is 0.266. The summed E-state index contributed by atoms with van der Waals surface area (Å²) in [7, 11) is 0. The fourth-order valence-corrected chi connectivity index (χ4v) is 0.500. The van der Waals surface area contributed by atoms with Crippen LogP contribution in [-0.2, 0) is 9.59 Å². The third-order valence-electron chi connectivity index (χ3n) is 0.568. The smallest absolute Gasteiger partial charge is 0.161 e. The van der Waals surface area contributed by atoms with Crippen LogP contribution >= 0.6 is 11.8 Å². The zero-order valence-electron chi connectivity index (χ0n) is 7.29. The largest absolute Gasteiger partial charge is 0.550 e. The monoisotopic (exact) mass is 161 g/mol. The van der Waals surface area contributed by atoms with Gasteiger partial charge in [0.1, 0.15) is 0 Å². The summed E-state index contributed by atoms with van der Waals surface area (Å²) >= 11 is 1.10. The van der Waals surface area contributed by atoms with Crippen LogP contribution in [0.2, 0.25) is 0 Å². The van der Waals surface area contributed by atoms with E-state index in [9.17, 15) is 14.7 Å². The van der Waals surface area contributed by atoms with Crippen molar-refractivity contribution in [2.75, 3.05) is 6.26 Å². The molecular weight excluding hydrogens is 152 g/mol. The number of allylic oxidation sites excluding steroid dienone is 1. The van der Waals surface area contributed by atoms with Gasteiger partial charge in [0, 0.05) is 7.34 Å².